The molecule has 1 amide bonds. The van der Waals surface area contributed by atoms with Gasteiger partial charge in [-0.3, -0.25) is 4.79 Å². The summed E-state index contributed by atoms with van der Waals surface area (Å²) in [5.41, 5.74) is 0.744. The fourth-order valence-corrected chi connectivity index (χ4v) is 3.09. The van der Waals surface area contributed by atoms with E-state index in [-0.39, 0.29) is 5.91 Å². The average Bonchev–Trinajstić information content (AvgIpc) is 3.01. The molecular formula is C19H26N2O3S. The van der Waals surface area contributed by atoms with Crippen LogP contribution >= 0.6 is 11.3 Å². The van der Waals surface area contributed by atoms with Gasteiger partial charge in [0.05, 0.1) is 5.69 Å². The zero-order valence-corrected chi connectivity index (χ0v) is 15.7. The number of aryl methyl sites for hydroxylation is 1. The molecule has 0 atom stereocenters. The molecule has 0 bridgehead atoms. The Morgan fingerprint density at radius 3 is 2.72 bits per heavy atom. The van der Waals surface area contributed by atoms with E-state index in [2.05, 4.69) is 17.2 Å². The number of ether oxygens (including phenoxy) is 2. The highest BCUT2D eigenvalue weighted by Crippen LogP contribution is 2.20. The van der Waals surface area contributed by atoms with Crippen molar-refractivity contribution in [1.29, 1.82) is 0 Å². The van der Waals surface area contributed by atoms with Crippen LogP contribution in [0.15, 0.2) is 30.3 Å². The van der Waals surface area contributed by atoms with Crippen molar-refractivity contribution >= 4 is 17.2 Å². The fourth-order valence-electron chi connectivity index (χ4n) is 2.19. The van der Waals surface area contributed by atoms with Gasteiger partial charge in [0.25, 0.3) is 5.91 Å². The van der Waals surface area contributed by atoms with Gasteiger partial charge in [-0.15, -0.1) is 11.3 Å². The smallest absolute Gasteiger partial charge is 0.263 e. The molecule has 0 aliphatic rings. The molecule has 2 rings (SSSR count). The van der Waals surface area contributed by atoms with E-state index in [1.54, 1.807) is 0 Å². The molecule has 0 spiro atoms. The van der Waals surface area contributed by atoms with Crippen molar-refractivity contribution in [3.8, 4) is 5.75 Å². The molecule has 6 heteroatoms. The number of carbonyl (C=O) groups is 1. The number of nitrogens with one attached hydrogen (secondary N) is 1. The number of amides is 1. The zero-order chi connectivity index (χ0) is 17.9. The van der Waals surface area contributed by atoms with Gasteiger partial charge in [-0.05, 0) is 31.9 Å². The van der Waals surface area contributed by atoms with Crippen molar-refractivity contribution in [3.05, 3.63) is 45.9 Å². The molecule has 0 unspecified atom stereocenters. The number of benzene rings is 1. The second-order valence-corrected chi connectivity index (χ2v) is 6.78. The maximum Gasteiger partial charge on any atom is 0.263 e. The zero-order valence-electron chi connectivity index (χ0n) is 14.9. The van der Waals surface area contributed by atoms with Gasteiger partial charge in [-0.1, -0.05) is 31.5 Å². The maximum atomic E-state index is 12.3. The predicted molar refractivity (Wildman–Crippen MR) is 100 cm³/mol. The number of unbranched alkanes of at least 4 members (excludes halogenated alkanes) is 1. The van der Waals surface area contributed by atoms with Crippen LogP contribution in [0.2, 0.25) is 0 Å². The van der Waals surface area contributed by atoms with Crippen LogP contribution in [0.5, 0.6) is 5.75 Å². The summed E-state index contributed by atoms with van der Waals surface area (Å²) in [7, 11) is 0. The summed E-state index contributed by atoms with van der Waals surface area (Å²) in [6.45, 7) is 6.44. The van der Waals surface area contributed by atoms with Crippen molar-refractivity contribution in [2.45, 2.75) is 39.7 Å². The Bertz CT molecular complexity index is 643. The molecule has 1 N–H and O–H groups in total. The summed E-state index contributed by atoms with van der Waals surface area (Å²) in [6, 6.07) is 9.59. The van der Waals surface area contributed by atoms with Gasteiger partial charge in [0.2, 0.25) is 0 Å². The lowest BCUT2D eigenvalue weighted by Crippen LogP contribution is -2.25. The van der Waals surface area contributed by atoms with E-state index in [9.17, 15) is 4.79 Å². The molecule has 136 valence electrons. The van der Waals surface area contributed by atoms with Crippen molar-refractivity contribution in [1.82, 2.24) is 10.3 Å². The molecule has 0 saturated carbocycles. The third-order valence-electron chi connectivity index (χ3n) is 3.55. The number of hydrogen-bond donors (Lipinski definition) is 1. The number of nitrogens with zero attached hydrogens (tertiary/aromatic N) is 1. The number of rotatable bonds is 11. The van der Waals surface area contributed by atoms with Crippen LogP contribution in [-0.4, -0.2) is 30.6 Å². The Morgan fingerprint density at radius 1 is 1.20 bits per heavy atom. The molecule has 25 heavy (non-hydrogen) atoms. The second-order valence-electron chi connectivity index (χ2n) is 5.70. The quantitative estimate of drug-likeness (QED) is 0.615. The Balaban J connectivity index is 1.74. The van der Waals surface area contributed by atoms with E-state index >= 15 is 0 Å². The monoisotopic (exact) mass is 362 g/mol. The summed E-state index contributed by atoms with van der Waals surface area (Å²) in [5.74, 6) is 0.721. The van der Waals surface area contributed by atoms with Crippen molar-refractivity contribution in [2.24, 2.45) is 0 Å². The van der Waals surface area contributed by atoms with Gasteiger partial charge in [-0.25, -0.2) is 4.98 Å². The molecule has 0 aliphatic carbocycles. The second kappa shape index (κ2) is 10.8. The highest BCUT2D eigenvalue weighted by atomic mass is 32.1. The first kappa shape index (κ1) is 19.4. The molecule has 5 nitrogen and oxygen atoms in total. The third kappa shape index (κ3) is 6.84. The number of carbonyl (C=O) groups excluding carboxylic acids is 1. The van der Waals surface area contributed by atoms with Crippen molar-refractivity contribution in [2.75, 3.05) is 19.8 Å². The van der Waals surface area contributed by atoms with Gasteiger partial charge < -0.3 is 14.8 Å². The standard InChI is InChI=1S/C19H26N2O3S/c1-3-4-12-23-13-8-11-20-19(22)18-15(2)21-17(25-18)14-24-16-9-6-5-7-10-16/h5-7,9-10H,3-4,8,11-14H2,1-2H3,(H,20,22). The van der Waals surface area contributed by atoms with Crippen LogP contribution in [0.4, 0.5) is 0 Å². The first-order valence-corrected chi connectivity index (χ1v) is 9.52. The lowest BCUT2D eigenvalue weighted by Gasteiger charge is -2.05. The number of aromatic nitrogens is 1. The van der Waals surface area contributed by atoms with Gasteiger partial charge in [-0.2, -0.15) is 0 Å². The Kier molecular flexibility index (Phi) is 8.42. The van der Waals surface area contributed by atoms with E-state index in [1.807, 2.05) is 37.3 Å². The lowest BCUT2D eigenvalue weighted by atomic mass is 10.3. The van der Waals surface area contributed by atoms with E-state index < -0.39 is 0 Å². The molecule has 1 aromatic heterocycles. The Hall–Kier alpha value is -1.92. The topological polar surface area (TPSA) is 60.5 Å². The fraction of sp³-hybridized carbons (Fsp3) is 0.474. The molecule has 1 heterocycles. The first-order chi connectivity index (χ1) is 12.2. The Morgan fingerprint density at radius 2 is 1.96 bits per heavy atom. The Labute approximate surface area is 153 Å². The van der Waals surface area contributed by atoms with Crippen LogP contribution in [0.3, 0.4) is 0 Å². The van der Waals surface area contributed by atoms with Gasteiger partial charge in [0.1, 0.15) is 22.2 Å². The number of hydrogen-bond acceptors (Lipinski definition) is 5. The largest absolute Gasteiger partial charge is 0.486 e. The summed E-state index contributed by atoms with van der Waals surface area (Å²) in [6.07, 6.45) is 3.04. The maximum absolute atomic E-state index is 12.3. The normalized spacial score (nSPS) is 10.6. The van der Waals surface area contributed by atoms with Crippen molar-refractivity contribution < 1.29 is 14.3 Å². The van der Waals surface area contributed by atoms with E-state index in [1.165, 1.54) is 11.3 Å². The first-order valence-electron chi connectivity index (χ1n) is 8.70. The molecule has 2 aromatic rings. The van der Waals surface area contributed by atoms with Gasteiger partial charge in [0.15, 0.2) is 0 Å². The molecule has 0 radical (unpaired) electrons. The van der Waals surface area contributed by atoms with Gasteiger partial charge >= 0.3 is 0 Å². The van der Waals surface area contributed by atoms with Crippen LogP contribution in [-0.2, 0) is 11.3 Å². The molecule has 1 aromatic carbocycles. The SMILES string of the molecule is CCCCOCCCNC(=O)c1sc(COc2ccccc2)nc1C. The summed E-state index contributed by atoms with van der Waals surface area (Å²) >= 11 is 1.38. The summed E-state index contributed by atoms with van der Waals surface area (Å²) in [5, 5.41) is 3.73. The predicted octanol–water partition coefficient (Wildman–Crippen LogP) is 3.97. The third-order valence-corrected chi connectivity index (χ3v) is 4.68. The molecular weight excluding hydrogens is 336 g/mol. The van der Waals surface area contributed by atoms with Crippen LogP contribution in [0.1, 0.15) is 46.6 Å². The van der Waals surface area contributed by atoms with Crippen LogP contribution in [0, 0.1) is 6.92 Å². The van der Waals surface area contributed by atoms with Crippen LogP contribution in [0.25, 0.3) is 0 Å². The highest BCUT2D eigenvalue weighted by Gasteiger charge is 2.15. The molecule has 0 fully saturated rings. The van der Waals surface area contributed by atoms with E-state index in [0.29, 0.717) is 24.6 Å². The minimum Gasteiger partial charge on any atom is -0.486 e. The number of thiazole rings is 1. The van der Waals surface area contributed by atoms with E-state index in [4.69, 9.17) is 9.47 Å². The molecule has 0 saturated heterocycles. The number of para-hydroxylation sites is 1. The highest BCUT2D eigenvalue weighted by molar-refractivity contribution is 7.13. The lowest BCUT2D eigenvalue weighted by molar-refractivity contribution is 0.0943. The van der Waals surface area contributed by atoms with Crippen molar-refractivity contribution in [3.63, 3.8) is 0 Å². The molecule has 0 aliphatic heterocycles. The summed E-state index contributed by atoms with van der Waals surface area (Å²) < 4.78 is 11.2. The van der Waals surface area contributed by atoms with Crippen LogP contribution < -0.4 is 10.1 Å². The van der Waals surface area contributed by atoms with E-state index in [0.717, 1.165) is 42.3 Å². The summed E-state index contributed by atoms with van der Waals surface area (Å²) in [4.78, 5) is 17.4. The van der Waals surface area contributed by atoms with Gasteiger partial charge in [0, 0.05) is 19.8 Å². The average molecular weight is 362 g/mol. The minimum atomic E-state index is -0.0745. The minimum absolute atomic E-state index is 0.0745.